The van der Waals surface area contributed by atoms with E-state index in [-0.39, 0.29) is 11.5 Å². The van der Waals surface area contributed by atoms with Crippen LogP contribution in [0.25, 0.3) is 0 Å². The zero-order chi connectivity index (χ0) is 11.7. The molecule has 2 heterocycles. The SMILES string of the molecule is CC(C)c1c(N)nc(C2CCCS2)[nH]c1=O. The van der Waals surface area contributed by atoms with E-state index in [1.165, 1.54) is 6.42 Å². The molecule has 0 aliphatic carbocycles. The van der Waals surface area contributed by atoms with Gasteiger partial charge in [-0.05, 0) is 24.5 Å². The van der Waals surface area contributed by atoms with Crippen molar-refractivity contribution >= 4 is 17.6 Å². The van der Waals surface area contributed by atoms with E-state index in [0.29, 0.717) is 16.6 Å². The predicted molar refractivity (Wildman–Crippen MR) is 67.8 cm³/mol. The molecule has 0 spiro atoms. The molecule has 1 unspecified atom stereocenters. The number of anilines is 1. The van der Waals surface area contributed by atoms with E-state index in [9.17, 15) is 4.79 Å². The highest BCUT2D eigenvalue weighted by Crippen LogP contribution is 2.38. The van der Waals surface area contributed by atoms with Gasteiger partial charge in [0.2, 0.25) is 0 Å². The zero-order valence-corrected chi connectivity index (χ0v) is 10.4. The van der Waals surface area contributed by atoms with E-state index < -0.39 is 0 Å². The smallest absolute Gasteiger partial charge is 0.256 e. The molecule has 2 rings (SSSR count). The second-order valence-corrected chi connectivity index (χ2v) is 5.72. The number of H-pyrrole nitrogens is 1. The summed E-state index contributed by atoms with van der Waals surface area (Å²) < 4.78 is 0. The minimum atomic E-state index is -0.0787. The Hall–Kier alpha value is -0.970. The Bertz CT molecular complexity index is 435. The van der Waals surface area contributed by atoms with Gasteiger partial charge in [-0.25, -0.2) is 4.98 Å². The van der Waals surface area contributed by atoms with Gasteiger partial charge in [-0.15, -0.1) is 0 Å². The molecule has 0 bridgehead atoms. The van der Waals surface area contributed by atoms with Gasteiger partial charge < -0.3 is 10.7 Å². The molecule has 3 N–H and O–H groups in total. The number of rotatable bonds is 2. The number of hydrogen-bond acceptors (Lipinski definition) is 4. The van der Waals surface area contributed by atoms with E-state index in [1.54, 1.807) is 0 Å². The Labute approximate surface area is 99.0 Å². The number of nitrogens with one attached hydrogen (secondary N) is 1. The largest absolute Gasteiger partial charge is 0.383 e. The first-order chi connectivity index (χ1) is 7.59. The van der Waals surface area contributed by atoms with Gasteiger partial charge in [-0.3, -0.25) is 4.79 Å². The summed E-state index contributed by atoms with van der Waals surface area (Å²) in [5, 5.41) is 0.316. The first kappa shape index (κ1) is 11.5. The second kappa shape index (κ2) is 4.49. The molecule has 1 aliphatic rings. The van der Waals surface area contributed by atoms with Gasteiger partial charge in [0, 0.05) is 0 Å². The van der Waals surface area contributed by atoms with E-state index >= 15 is 0 Å². The average molecular weight is 239 g/mol. The summed E-state index contributed by atoms with van der Waals surface area (Å²) >= 11 is 1.84. The van der Waals surface area contributed by atoms with Gasteiger partial charge in [-0.2, -0.15) is 11.8 Å². The lowest BCUT2D eigenvalue weighted by Gasteiger charge is -2.12. The van der Waals surface area contributed by atoms with Crippen molar-refractivity contribution in [3.05, 3.63) is 21.7 Å². The molecule has 16 heavy (non-hydrogen) atoms. The molecule has 88 valence electrons. The molecule has 5 heteroatoms. The summed E-state index contributed by atoms with van der Waals surface area (Å²) in [6.07, 6.45) is 2.26. The number of aromatic nitrogens is 2. The molecule has 0 amide bonds. The molecule has 1 aromatic rings. The molecular weight excluding hydrogens is 222 g/mol. The topological polar surface area (TPSA) is 71.8 Å². The number of thioether (sulfide) groups is 1. The highest BCUT2D eigenvalue weighted by molar-refractivity contribution is 7.99. The van der Waals surface area contributed by atoms with Gasteiger partial charge in [-0.1, -0.05) is 13.8 Å². The summed E-state index contributed by atoms with van der Waals surface area (Å²) in [7, 11) is 0. The van der Waals surface area contributed by atoms with Gasteiger partial charge in [0.25, 0.3) is 5.56 Å². The van der Waals surface area contributed by atoms with Crippen molar-refractivity contribution in [3.63, 3.8) is 0 Å². The van der Waals surface area contributed by atoms with Crippen molar-refractivity contribution in [2.24, 2.45) is 0 Å². The maximum atomic E-state index is 11.9. The molecule has 1 saturated heterocycles. The van der Waals surface area contributed by atoms with Crippen molar-refractivity contribution in [1.29, 1.82) is 0 Å². The van der Waals surface area contributed by atoms with Crippen LogP contribution in [0.4, 0.5) is 5.82 Å². The van der Waals surface area contributed by atoms with Crippen molar-refractivity contribution in [2.45, 2.75) is 37.9 Å². The maximum absolute atomic E-state index is 11.9. The lowest BCUT2D eigenvalue weighted by molar-refractivity contribution is 0.755. The van der Waals surface area contributed by atoms with Gasteiger partial charge >= 0.3 is 0 Å². The third-order valence-electron chi connectivity index (χ3n) is 2.82. The minimum Gasteiger partial charge on any atom is -0.383 e. The first-order valence-electron chi connectivity index (χ1n) is 5.60. The Morgan fingerprint density at radius 3 is 2.81 bits per heavy atom. The molecule has 0 radical (unpaired) electrons. The van der Waals surface area contributed by atoms with E-state index in [2.05, 4.69) is 9.97 Å². The highest BCUT2D eigenvalue weighted by atomic mass is 32.2. The first-order valence-corrected chi connectivity index (χ1v) is 6.65. The van der Waals surface area contributed by atoms with Crippen molar-refractivity contribution in [2.75, 3.05) is 11.5 Å². The normalized spacial score (nSPS) is 20.6. The van der Waals surface area contributed by atoms with Gasteiger partial charge in [0.15, 0.2) is 0 Å². The number of hydrogen-bond donors (Lipinski definition) is 2. The van der Waals surface area contributed by atoms with Crippen LogP contribution in [0.5, 0.6) is 0 Å². The summed E-state index contributed by atoms with van der Waals surface area (Å²) in [6.45, 7) is 3.90. The van der Waals surface area contributed by atoms with Crippen LogP contribution < -0.4 is 11.3 Å². The molecule has 1 fully saturated rings. The standard InChI is InChI=1S/C11H17N3OS/c1-6(2)8-9(12)13-10(14-11(8)15)7-4-3-5-16-7/h6-7H,3-5H2,1-2H3,(H3,12,13,14,15). The fourth-order valence-electron chi connectivity index (χ4n) is 2.02. The zero-order valence-electron chi connectivity index (χ0n) is 9.62. The monoisotopic (exact) mass is 239 g/mol. The van der Waals surface area contributed by atoms with Crippen LogP contribution in [-0.4, -0.2) is 15.7 Å². The van der Waals surface area contributed by atoms with Crippen molar-refractivity contribution in [3.8, 4) is 0 Å². The van der Waals surface area contributed by atoms with E-state index in [0.717, 1.165) is 18.0 Å². The van der Waals surface area contributed by atoms with Crippen LogP contribution in [-0.2, 0) is 0 Å². The summed E-state index contributed by atoms with van der Waals surface area (Å²) in [4.78, 5) is 19.1. The highest BCUT2D eigenvalue weighted by Gasteiger charge is 2.22. The van der Waals surface area contributed by atoms with Crippen LogP contribution >= 0.6 is 11.8 Å². The van der Waals surface area contributed by atoms with Crippen molar-refractivity contribution < 1.29 is 0 Å². The summed E-state index contributed by atoms with van der Waals surface area (Å²) in [5.41, 5.74) is 6.38. The van der Waals surface area contributed by atoms with Crippen molar-refractivity contribution in [1.82, 2.24) is 9.97 Å². The molecule has 4 nitrogen and oxygen atoms in total. The Morgan fingerprint density at radius 2 is 2.31 bits per heavy atom. The van der Waals surface area contributed by atoms with Crippen LogP contribution in [0, 0.1) is 0 Å². The Morgan fingerprint density at radius 1 is 1.56 bits per heavy atom. The fourth-order valence-corrected chi connectivity index (χ4v) is 3.24. The maximum Gasteiger partial charge on any atom is 0.256 e. The van der Waals surface area contributed by atoms with Crippen LogP contribution in [0.2, 0.25) is 0 Å². The van der Waals surface area contributed by atoms with Gasteiger partial charge in [0.1, 0.15) is 11.6 Å². The minimum absolute atomic E-state index is 0.0787. The molecule has 0 aromatic carbocycles. The summed E-state index contributed by atoms with van der Waals surface area (Å²) in [6, 6.07) is 0. The van der Waals surface area contributed by atoms with Gasteiger partial charge in [0.05, 0.1) is 10.8 Å². The third-order valence-corrected chi connectivity index (χ3v) is 4.20. The molecule has 1 atom stereocenters. The van der Waals surface area contributed by atoms with Crippen LogP contribution in [0.15, 0.2) is 4.79 Å². The average Bonchev–Trinajstić information content (AvgIpc) is 2.67. The fraction of sp³-hybridized carbons (Fsp3) is 0.636. The quantitative estimate of drug-likeness (QED) is 0.828. The van der Waals surface area contributed by atoms with E-state index in [1.807, 2.05) is 25.6 Å². The number of nitrogen functional groups attached to an aromatic ring is 1. The number of nitrogens with zero attached hydrogens (tertiary/aromatic N) is 1. The van der Waals surface area contributed by atoms with Crippen LogP contribution in [0.1, 0.15) is 49.2 Å². The predicted octanol–water partition coefficient (Wildman–Crippen LogP) is 2.04. The molecule has 1 aromatic heterocycles. The molecule has 1 aliphatic heterocycles. The third kappa shape index (κ3) is 2.09. The Balaban J connectivity index is 2.40. The lowest BCUT2D eigenvalue weighted by atomic mass is 10.1. The van der Waals surface area contributed by atoms with Crippen LogP contribution in [0.3, 0.4) is 0 Å². The second-order valence-electron chi connectivity index (χ2n) is 4.41. The number of nitrogens with two attached hydrogens (primary N) is 1. The molecular formula is C11H17N3OS. The molecule has 0 saturated carbocycles. The number of aromatic amines is 1. The van der Waals surface area contributed by atoms with E-state index in [4.69, 9.17) is 5.73 Å². The lowest BCUT2D eigenvalue weighted by Crippen LogP contribution is -2.21. The summed E-state index contributed by atoms with van der Waals surface area (Å²) in [5.74, 6) is 2.39. The Kier molecular flexibility index (Phi) is 3.23.